The molecule has 1 heterocycles. The van der Waals surface area contributed by atoms with Gasteiger partial charge in [-0.25, -0.2) is 14.7 Å². The second-order valence-corrected chi connectivity index (χ2v) is 6.44. The lowest BCUT2D eigenvalue weighted by Crippen LogP contribution is -2.41. The van der Waals surface area contributed by atoms with Crippen LogP contribution in [0.15, 0.2) is 11.3 Å². The van der Waals surface area contributed by atoms with Crippen LogP contribution in [0.1, 0.15) is 58.7 Å². The van der Waals surface area contributed by atoms with Gasteiger partial charge in [-0.2, -0.15) is 5.10 Å². The van der Waals surface area contributed by atoms with E-state index < -0.39 is 0 Å². The minimum Gasteiger partial charge on any atom is -0.370 e. The summed E-state index contributed by atoms with van der Waals surface area (Å²) in [5.74, 6) is 1.35. The fraction of sp³-hybridized carbons (Fsp3) is 0.786. The molecule has 0 amide bonds. The lowest BCUT2D eigenvalue weighted by Gasteiger charge is -2.23. The third kappa shape index (κ3) is 3.95. The second-order valence-electron chi connectivity index (χ2n) is 6.44. The monoisotopic (exact) mass is 278 g/mol. The molecular formula is C14H26N6. The van der Waals surface area contributed by atoms with Crippen LogP contribution in [-0.2, 0) is 12.1 Å². The number of hydrogen-bond donors (Lipinski definition) is 2. The van der Waals surface area contributed by atoms with Crippen molar-refractivity contribution in [1.82, 2.24) is 20.1 Å². The lowest BCUT2D eigenvalue weighted by molar-refractivity contribution is 0.341. The van der Waals surface area contributed by atoms with Crippen LogP contribution in [0.2, 0.25) is 0 Å². The van der Waals surface area contributed by atoms with Gasteiger partial charge in [0.15, 0.2) is 5.96 Å². The Bertz CT molecular complexity index is 450. The summed E-state index contributed by atoms with van der Waals surface area (Å²) in [5.41, 5.74) is 5.87. The van der Waals surface area contributed by atoms with Crippen LogP contribution in [0.25, 0.3) is 0 Å². The predicted molar refractivity (Wildman–Crippen MR) is 80.4 cm³/mol. The maximum absolute atomic E-state index is 5.96. The molecule has 3 N–H and O–H groups in total. The normalized spacial score (nSPS) is 18.2. The van der Waals surface area contributed by atoms with E-state index in [2.05, 4.69) is 41.2 Å². The summed E-state index contributed by atoms with van der Waals surface area (Å²) in [4.78, 5) is 8.66. The minimum absolute atomic E-state index is 0.0904. The quantitative estimate of drug-likeness (QED) is 0.652. The summed E-state index contributed by atoms with van der Waals surface area (Å²) in [5, 5.41) is 7.57. The molecule has 6 nitrogen and oxygen atoms in total. The molecule has 0 bridgehead atoms. The first-order chi connectivity index (χ1) is 9.47. The van der Waals surface area contributed by atoms with Crippen molar-refractivity contribution in [3.8, 4) is 0 Å². The van der Waals surface area contributed by atoms with Crippen molar-refractivity contribution in [1.29, 1.82) is 0 Å². The summed E-state index contributed by atoms with van der Waals surface area (Å²) in [6, 6.07) is 0.480. The number of aliphatic imine (C=N–C) groups is 1. The maximum Gasteiger partial charge on any atom is 0.189 e. The Kier molecular flexibility index (Phi) is 4.62. The third-order valence-electron chi connectivity index (χ3n) is 3.60. The summed E-state index contributed by atoms with van der Waals surface area (Å²) in [6.07, 6.45) is 7.85. The first-order valence-electron chi connectivity index (χ1n) is 7.42. The van der Waals surface area contributed by atoms with E-state index in [4.69, 9.17) is 5.73 Å². The standard InChI is InChI=1S/C14H26N6/c1-14(2,3)20-12(17-10-18-20)9-16-13(15)19-11-7-5-4-6-8-11/h10-11H,4-9H2,1-3H3,(H3,15,16,19). The Labute approximate surface area is 120 Å². The van der Waals surface area contributed by atoms with Gasteiger partial charge in [0.25, 0.3) is 0 Å². The van der Waals surface area contributed by atoms with E-state index in [-0.39, 0.29) is 5.54 Å². The minimum atomic E-state index is -0.0904. The number of nitrogens with two attached hydrogens (primary N) is 1. The molecule has 20 heavy (non-hydrogen) atoms. The number of nitrogens with one attached hydrogen (secondary N) is 1. The van der Waals surface area contributed by atoms with E-state index in [1.807, 2.05) is 4.68 Å². The Morgan fingerprint density at radius 3 is 2.75 bits per heavy atom. The average molecular weight is 278 g/mol. The fourth-order valence-corrected chi connectivity index (χ4v) is 2.59. The van der Waals surface area contributed by atoms with Gasteiger partial charge in [-0.1, -0.05) is 19.3 Å². The van der Waals surface area contributed by atoms with Crippen molar-refractivity contribution in [2.45, 2.75) is 71.0 Å². The van der Waals surface area contributed by atoms with Crippen molar-refractivity contribution >= 4 is 5.96 Å². The predicted octanol–water partition coefficient (Wildman–Crippen LogP) is 1.77. The smallest absolute Gasteiger partial charge is 0.189 e. The van der Waals surface area contributed by atoms with Gasteiger partial charge in [-0.05, 0) is 33.6 Å². The third-order valence-corrected chi connectivity index (χ3v) is 3.60. The summed E-state index contributed by atoms with van der Waals surface area (Å²) >= 11 is 0. The lowest BCUT2D eigenvalue weighted by atomic mass is 9.96. The molecule has 0 unspecified atom stereocenters. The van der Waals surface area contributed by atoms with Gasteiger partial charge in [0.1, 0.15) is 18.7 Å². The summed E-state index contributed by atoms with van der Waals surface area (Å²) in [6.45, 7) is 6.75. The molecule has 0 radical (unpaired) electrons. The Morgan fingerprint density at radius 2 is 2.10 bits per heavy atom. The van der Waals surface area contributed by atoms with Gasteiger partial charge >= 0.3 is 0 Å². The first kappa shape index (κ1) is 14.8. The zero-order chi connectivity index (χ0) is 14.6. The van der Waals surface area contributed by atoms with Crippen LogP contribution in [0.5, 0.6) is 0 Å². The molecule has 0 saturated heterocycles. The molecule has 1 aromatic heterocycles. The van der Waals surface area contributed by atoms with Gasteiger partial charge in [-0.3, -0.25) is 0 Å². The SMILES string of the molecule is CC(C)(C)n1ncnc1CN=C(N)NC1CCCCC1. The molecule has 0 aromatic carbocycles. The second kappa shape index (κ2) is 6.24. The molecule has 1 saturated carbocycles. The Morgan fingerprint density at radius 1 is 1.40 bits per heavy atom. The fourth-order valence-electron chi connectivity index (χ4n) is 2.59. The number of nitrogens with zero attached hydrogens (tertiary/aromatic N) is 4. The molecule has 1 aromatic rings. The highest BCUT2D eigenvalue weighted by molar-refractivity contribution is 5.78. The maximum atomic E-state index is 5.96. The van der Waals surface area contributed by atoms with Crippen LogP contribution in [0.4, 0.5) is 0 Å². The van der Waals surface area contributed by atoms with Crippen LogP contribution in [-0.4, -0.2) is 26.8 Å². The molecule has 2 rings (SSSR count). The van der Waals surface area contributed by atoms with E-state index >= 15 is 0 Å². The van der Waals surface area contributed by atoms with Crippen molar-refractivity contribution in [3.63, 3.8) is 0 Å². The van der Waals surface area contributed by atoms with E-state index in [1.165, 1.54) is 32.1 Å². The van der Waals surface area contributed by atoms with E-state index in [9.17, 15) is 0 Å². The van der Waals surface area contributed by atoms with Crippen molar-refractivity contribution in [2.24, 2.45) is 10.7 Å². The van der Waals surface area contributed by atoms with Crippen molar-refractivity contribution < 1.29 is 0 Å². The van der Waals surface area contributed by atoms with Crippen LogP contribution in [0, 0.1) is 0 Å². The van der Waals surface area contributed by atoms with E-state index in [1.54, 1.807) is 6.33 Å². The Balaban J connectivity index is 1.93. The van der Waals surface area contributed by atoms with Crippen LogP contribution >= 0.6 is 0 Å². The number of rotatable bonds is 3. The highest BCUT2D eigenvalue weighted by atomic mass is 15.4. The van der Waals surface area contributed by atoms with Gasteiger partial charge in [0, 0.05) is 6.04 Å². The zero-order valence-corrected chi connectivity index (χ0v) is 12.8. The molecule has 0 aliphatic heterocycles. The van der Waals surface area contributed by atoms with Crippen LogP contribution < -0.4 is 11.1 Å². The highest BCUT2D eigenvalue weighted by Gasteiger charge is 2.18. The van der Waals surface area contributed by atoms with Gasteiger partial charge in [-0.15, -0.1) is 0 Å². The molecule has 0 atom stereocenters. The number of hydrogen-bond acceptors (Lipinski definition) is 3. The summed E-state index contributed by atoms with van der Waals surface area (Å²) < 4.78 is 1.89. The molecule has 1 aliphatic carbocycles. The number of guanidine groups is 1. The van der Waals surface area contributed by atoms with E-state index in [0.29, 0.717) is 18.5 Å². The topological polar surface area (TPSA) is 81.1 Å². The van der Waals surface area contributed by atoms with E-state index in [0.717, 1.165) is 5.82 Å². The van der Waals surface area contributed by atoms with Gasteiger partial charge in [0.05, 0.1) is 5.54 Å². The number of aromatic nitrogens is 3. The summed E-state index contributed by atoms with van der Waals surface area (Å²) in [7, 11) is 0. The molecule has 0 spiro atoms. The average Bonchev–Trinajstić information content (AvgIpc) is 2.86. The first-order valence-corrected chi connectivity index (χ1v) is 7.42. The van der Waals surface area contributed by atoms with Crippen LogP contribution in [0.3, 0.4) is 0 Å². The zero-order valence-electron chi connectivity index (χ0n) is 12.8. The largest absolute Gasteiger partial charge is 0.370 e. The molecule has 112 valence electrons. The molecule has 1 fully saturated rings. The molecule has 6 heteroatoms. The van der Waals surface area contributed by atoms with Gasteiger partial charge in [0.2, 0.25) is 0 Å². The van der Waals surface area contributed by atoms with Gasteiger partial charge < -0.3 is 11.1 Å². The Hall–Kier alpha value is -1.59. The van der Waals surface area contributed by atoms with Crippen molar-refractivity contribution in [2.75, 3.05) is 0 Å². The molecular weight excluding hydrogens is 252 g/mol. The highest BCUT2D eigenvalue weighted by Crippen LogP contribution is 2.17. The van der Waals surface area contributed by atoms with Crippen molar-refractivity contribution in [3.05, 3.63) is 12.2 Å². The molecule has 1 aliphatic rings.